The van der Waals surface area contributed by atoms with Gasteiger partial charge >= 0.3 is 0 Å². The molecule has 0 unspecified atom stereocenters. The van der Waals surface area contributed by atoms with E-state index < -0.39 is 0 Å². The molecule has 144 valence electrons. The summed E-state index contributed by atoms with van der Waals surface area (Å²) in [6.45, 7) is 6.01. The number of pyridine rings is 3. The molecule has 0 N–H and O–H groups in total. The first-order valence-electron chi connectivity index (χ1n) is 9.72. The van der Waals surface area contributed by atoms with Gasteiger partial charge in [0.2, 0.25) is 0 Å². The number of likely N-dealkylation sites (tertiary alicyclic amines) is 1. The number of rotatable bonds is 3. The third-order valence-electron chi connectivity index (χ3n) is 5.52. The van der Waals surface area contributed by atoms with Gasteiger partial charge in [0.05, 0.1) is 28.7 Å². The van der Waals surface area contributed by atoms with Crippen LogP contribution in [0.15, 0.2) is 47.7 Å². The van der Waals surface area contributed by atoms with Gasteiger partial charge in [-0.2, -0.15) is 0 Å². The lowest BCUT2D eigenvalue weighted by molar-refractivity contribution is 0.0696. The second-order valence-electron chi connectivity index (χ2n) is 7.64. The van der Waals surface area contributed by atoms with Crippen LogP contribution < -0.4 is 5.56 Å². The molecule has 1 saturated heterocycles. The van der Waals surface area contributed by atoms with E-state index in [2.05, 4.69) is 16.9 Å². The Morgan fingerprint density at radius 2 is 2.04 bits per heavy atom. The van der Waals surface area contributed by atoms with Gasteiger partial charge in [0.1, 0.15) is 0 Å². The van der Waals surface area contributed by atoms with Crippen LogP contribution in [0.4, 0.5) is 0 Å². The summed E-state index contributed by atoms with van der Waals surface area (Å²) in [7, 11) is 0. The average Bonchev–Trinajstić information content (AvgIpc) is 2.71. The molecule has 1 fully saturated rings. The molecule has 0 aromatic carbocycles. The Morgan fingerprint density at radius 1 is 1.25 bits per heavy atom. The Morgan fingerprint density at radius 3 is 2.75 bits per heavy atom. The van der Waals surface area contributed by atoms with E-state index in [1.807, 2.05) is 30.0 Å². The Bertz CT molecular complexity index is 1070. The summed E-state index contributed by atoms with van der Waals surface area (Å²) in [5.74, 6) is 0.625. The molecule has 0 saturated carbocycles. The molecule has 1 aliphatic heterocycles. The molecular weight excluding hydrogens is 352 g/mol. The second-order valence-corrected chi connectivity index (χ2v) is 7.64. The Balaban J connectivity index is 1.70. The number of hydrogen-bond acceptors (Lipinski definition) is 4. The van der Waals surface area contributed by atoms with E-state index in [4.69, 9.17) is 0 Å². The number of aryl methyl sites for hydroxylation is 1. The van der Waals surface area contributed by atoms with Crippen LogP contribution in [-0.2, 0) is 6.54 Å². The van der Waals surface area contributed by atoms with Gasteiger partial charge < -0.3 is 9.47 Å². The topological polar surface area (TPSA) is 68.1 Å². The molecule has 28 heavy (non-hydrogen) atoms. The van der Waals surface area contributed by atoms with Crippen LogP contribution >= 0.6 is 0 Å². The van der Waals surface area contributed by atoms with Crippen molar-refractivity contribution in [1.82, 2.24) is 19.4 Å². The van der Waals surface area contributed by atoms with Gasteiger partial charge in [0.25, 0.3) is 11.5 Å². The fraction of sp³-hybridized carbons (Fsp3) is 0.364. The van der Waals surface area contributed by atoms with Crippen molar-refractivity contribution in [2.24, 2.45) is 5.92 Å². The quantitative estimate of drug-likeness (QED) is 0.705. The minimum atomic E-state index is -0.143. The number of carbonyl (C=O) groups excluding carboxylic acids is 1. The number of aromatic nitrogens is 3. The minimum Gasteiger partial charge on any atom is -0.339 e. The SMILES string of the molecule is Cc1nc2ccn(Cc3cccnc3)c(=O)c2cc1C(=O)N1CCC(C)CC1. The molecule has 0 atom stereocenters. The first kappa shape index (κ1) is 18.3. The number of piperidine rings is 1. The third-order valence-corrected chi connectivity index (χ3v) is 5.52. The van der Waals surface area contributed by atoms with Crippen LogP contribution in [0.2, 0.25) is 0 Å². The first-order valence-corrected chi connectivity index (χ1v) is 9.72. The lowest BCUT2D eigenvalue weighted by Gasteiger charge is -2.30. The molecule has 4 rings (SSSR count). The van der Waals surface area contributed by atoms with Crippen molar-refractivity contribution < 1.29 is 4.79 Å². The molecule has 0 radical (unpaired) electrons. The van der Waals surface area contributed by atoms with Gasteiger partial charge in [-0.1, -0.05) is 13.0 Å². The Kier molecular flexibility index (Phi) is 4.94. The van der Waals surface area contributed by atoms with E-state index in [1.54, 1.807) is 29.2 Å². The minimum absolute atomic E-state index is 0.0270. The van der Waals surface area contributed by atoms with Gasteiger partial charge in [0.15, 0.2) is 0 Å². The fourth-order valence-electron chi connectivity index (χ4n) is 3.72. The summed E-state index contributed by atoms with van der Waals surface area (Å²) in [4.78, 5) is 36.6. The monoisotopic (exact) mass is 376 g/mol. The number of nitrogens with zero attached hydrogens (tertiary/aromatic N) is 4. The molecule has 0 bridgehead atoms. The van der Waals surface area contributed by atoms with E-state index in [9.17, 15) is 9.59 Å². The number of hydrogen-bond donors (Lipinski definition) is 0. The highest BCUT2D eigenvalue weighted by Gasteiger charge is 2.23. The maximum Gasteiger partial charge on any atom is 0.260 e. The third kappa shape index (κ3) is 3.54. The summed E-state index contributed by atoms with van der Waals surface area (Å²) in [5.41, 5.74) is 2.62. The molecule has 3 aromatic heterocycles. The van der Waals surface area contributed by atoms with Crippen LogP contribution in [-0.4, -0.2) is 38.4 Å². The lowest BCUT2D eigenvalue weighted by Crippen LogP contribution is -2.38. The maximum absolute atomic E-state index is 13.0. The zero-order chi connectivity index (χ0) is 19.7. The zero-order valence-electron chi connectivity index (χ0n) is 16.3. The zero-order valence-corrected chi connectivity index (χ0v) is 16.3. The number of carbonyl (C=O) groups is 1. The van der Waals surface area contributed by atoms with Crippen LogP contribution in [0.1, 0.15) is 41.4 Å². The van der Waals surface area contributed by atoms with Crippen molar-refractivity contribution in [3.05, 3.63) is 70.0 Å². The molecule has 4 heterocycles. The predicted molar refractivity (Wildman–Crippen MR) is 108 cm³/mol. The van der Waals surface area contributed by atoms with Gasteiger partial charge in [-0.25, -0.2) is 0 Å². The van der Waals surface area contributed by atoms with Crippen molar-refractivity contribution in [2.45, 2.75) is 33.2 Å². The summed E-state index contributed by atoms with van der Waals surface area (Å²) in [6.07, 6.45) is 7.24. The summed E-state index contributed by atoms with van der Waals surface area (Å²) in [5, 5.41) is 0.478. The maximum atomic E-state index is 13.0. The molecule has 6 nitrogen and oxygen atoms in total. The molecule has 0 aliphatic carbocycles. The fourth-order valence-corrected chi connectivity index (χ4v) is 3.72. The van der Waals surface area contributed by atoms with Gasteiger partial charge in [-0.15, -0.1) is 0 Å². The Labute approximate surface area is 163 Å². The van der Waals surface area contributed by atoms with Crippen LogP contribution in [0.25, 0.3) is 10.9 Å². The summed E-state index contributed by atoms with van der Waals surface area (Å²) >= 11 is 0. The Hall–Kier alpha value is -3.02. The van der Waals surface area contributed by atoms with Gasteiger partial charge in [-0.05, 0) is 49.4 Å². The van der Waals surface area contributed by atoms with E-state index >= 15 is 0 Å². The number of fused-ring (bicyclic) bond motifs is 1. The molecular formula is C22H24N4O2. The molecule has 6 heteroatoms. The van der Waals surface area contributed by atoms with Crippen LogP contribution in [0.3, 0.4) is 0 Å². The summed E-state index contributed by atoms with van der Waals surface area (Å²) < 4.78 is 1.63. The van der Waals surface area contributed by atoms with Crippen molar-refractivity contribution in [3.63, 3.8) is 0 Å². The van der Waals surface area contributed by atoms with Gasteiger partial charge in [-0.3, -0.25) is 19.6 Å². The average molecular weight is 376 g/mol. The molecule has 1 amide bonds. The number of amides is 1. The van der Waals surface area contributed by atoms with Crippen molar-refractivity contribution >= 4 is 16.8 Å². The normalized spacial score (nSPS) is 15.1. The van der Waals surface area contributed by atoms with Crippen molar-refractivity contribution in [2.75, 3.05) is 13.1 Å². The molecule has 0 spiro atoms. The van der Waals surface area contributed by atoms with E-state index in [-0.39, 0.29) is 11.5 Å². The predicted octanol–water partition coefficient (Wildman–Crippen LogP) is 3.02. The highest BCUT2D eigenvalue weighted by molar-refractivity contribution is 5.98. The smallest absolute Gasteiger partial charge is 0.260 e. The second kappa shape index (κ2) is 7.54. The van der Waals surface area contributed by atoms with E-state index in [1.165, 1.54) is 0 Å². The highest BCUT2D eigenvalue weighted by atomic mass is 16.2. The van der Waals surface area contributed by atoms with E-state index in [0.29, 0.717) is 34.6 Å². The first-order chi connectivity index (χ1) is 13.5. The van der Waals surface area contributed by atoms with E-state index in [0.717, 1.165) is 31.5 Å². The standard InChI is InChI=1S/C22H24N4O2/c1-15-5-9-25(10-6-15)21(27)18-12-19-20(24-16(18)2)7-11-26(22(19)28)14-17-4-3-8-23-13-17/h3-4,7-8,11-13,15H,5-6,9-10,14H2,1-2H3. The van der Waals surface area contributed by atoms with Gasteiger partial charge in [0, 0.05) is 31.7 Å². The molecule has 3 aromatic rings. The van der Waals surface area contributed by atoms with Crippen LogP contribution in [0, 0.1) is 12.8 Å². The largest absolute Gasteiger partial charge is 0.339 e. The lowest BCUT2D eigenvalue weighted by atomic mass is 9.98. The van der Waals surface area contributed by atoms with Crippen molar-refractivity contribution in [3.8, 4) is 0 Å². The summed E-state index contributed by atoms with van der Waals surface area (Å²) in [6, 6.07) is 7.34. The molecule has 1 aliphatic rings. The highest BCUT2D eigenvalue weighted by Crippen LogP contribution is 2.21. The van der Waals surface area contributed by atoms with Crippen molar-refractivity contribution in [1.29, 1.82) is 0 Å². The van der Waals surface area contributed by atoms with Crippen LogP contribution in [0.5, 0.6) is 0 Å².